The van der Waals surface area contributed by atoms with Gasteiger partial charge in [0.05, 0.1) is 16.3 Å². The zero-order valence-corrected chi connectivity index (χ0v) is 24.5. The second-order valence-corrected chi connectivity index (χ2v) is 11.1. The van der Waals surface area contributed by atoms with Crippen LogP contribution in [0.25, 0.3) is 43.1 Å². The summed E-state index contributed by atoms with van der Waals surface area (Å²) >= 11 is 0. The molecule has 1 aliphatic heterocycles. The van der Waals surface area contributed by atoms with Gasteiger partial charge in [-0.2, -0.15) is 0 Å². The molecule has 0 saturated heterocycles. The van der Waals surface area contributed by atoms with Gasteiger partial charge in [0.15, 0.2) is 11.5 Å². The van der Waals surface area contributed by atoms with Gasteiger partial charge in [-0.05, 0) is 57.3 Å². The van der Waals surface area contributed by atoms with Crippen molar-refractivity contribution in [2.75, 3.05) is 5.32 Å². The van der Waals surface area contributed by atoms with Crippen LogP contribution in [0.15, 0.2) is 152 Å². The highest BCUT2D eigenvalue weighted by Crippen LogP contribution is 2.48. The van der Waals surface area contributed by atoms with Crippen LogP contribution in [0.4, 0.5) is 17.1 Å². The normalized spacial score (nSPS) is 11.6. The Bertz CT molecular complexity index is 2370. The number of anilines is 2. The molecule has 46 heavy (non-hydrogen) atoms. The van der Waals surface area contributed by atoms with Crippen molar-refractivity contribution in [3.05, 3.63) is 162 Å². The van der Waals surface area contributed by atoms with Crippen LogP contribution in [0.1, 0.15) is 0 Å². The second kappa shape index (κ2) is 11.3. The van der Waals surface area contributed by atoms with Gasteiger partial charge in [0.25, 0.3) is 0 Å². The van der Waals surface area contributed by atoms with Crippen molar-refractivity contribution >= 4 is 60.2 Å². The maximum atomic E-state index is 11.4. The molecule has 1 aliphatic rings. The summed E-state index contributed by atoms with van der Waals surface area (Å²) in [5.74, 6) is 2.63. The fourth-order valence-corrected chi connectivity index (χ4v) is 5.99. The average Bonchev–Trinajstić information content (AvgIpc) is 3.11. The minimum atomic E-state index is -0.414. The van der Waals surface area contributed by atoms with Crippen molar-refractivity contribution in [3.63, 3.8) is 0 Å². The van der Waals surface area contributed by atoms with Gasteiger partial charge in [-0.1, -0.05) is 115 Å². The van der Waals surface area contributed by atoms with E-state index in [-0.39, 0.29) is 11.4 Å². The third-order valence-corrected chi connectivity index (χ3v) is 8.24. The van der Waals surface area contributed by atoms with Gasteiger partial charge in [0, 0.05) is 22.2 Å². The largest absolute Gasteiger partial charge is 0.452 e. The summed E-state index contributed by atoms with van der Waals surface area (Å²) in [7, 11) is 0. The average molecular weight is 599 g/mol. The Morgan fingerprint density at radius 2 is 1.13 bits per heavy atom. The Morgan fingerprint density at radius 3 is 1.89 bits per heavy atom. The number of nitro benzene ring substituents is 1. The number of rotatable bonds is 3. The molecule has 0 amide bonds. The van der Waals surface area contributed by atoms with Crippen LogP contribution < -0.4 is 14.8 Å². The van der Waals surface area contributed by atoms with E-state index < -0.39 is 4.92 Å². The number of fused-ring (bicyclic) bond motifs is 8. The van der Waals surface area contributed by atoms with Crippen LogP contribution >= 0.6 is 0 Å². The molecule has 0 aromatic heterocycles. The molecule has 9 rings (SSSR count). The van der Waals surface area contributed by atoms with Gasteiger partial charge in [-0.3, -0.25) is 10.1 Å². The number of nitro groups is 1. The van der Waals surface area contributed by atoms with Crippen LogP contribution in [0.2, 0.25) is 0 Å². The maximum Gasteiger partial charge on any atom is 0.312 e. The lowest BCUT2D eigenvalue weighted by atomic mass is 10.0. The Labute approximate surface area is 264 Å². The van der Waals surface area contributed by atoms with E-state index >= 15 is 0 Å². The minimum absolute atomic E-state index is 0.0399. The monoisotopic (exact) mass is 598 g/mol. The summed E-state index contributed by atoms with van der Waals surface area (Å²) in [4.78, 5) is 11.0. The fraction of sp³-hybridized carbons (Fsp3) is 0. The van der Waals surface area contributed by atoms with E-state index in [1.807, 2.05) is 84.9 Å². The van der Waals surface area contributed by atoms with Crippen molar-refractivity contribution in [3.8, 4) is 23.0 Å². The molecule has 0 saturated carbocycles. The lowest BCUT2D eigenvalue weighted by molar-refractivity contribution is -0.385. The summed E-state index contributed by atoms with van der Waals surface area (Å²) in [5, 5.41) is 23.4. The predicted octanol–water partition coefficient (Wildman–Crippen LogP) is 11.5. The van der Waals surface area contributed by atoms with Crippen LogP contribution in [-0.2, 0) is 0 Å². The summed E-state index contributed by atoms with van der Waals surface area (Å²) in [6.07, 6.45) is 0. The molecule has 0 fully saturated rings. The maximum absolute atomic E-state index is 11.4. The van der Waals surface area contributed by atoms with Crippen molar-refractivity contribution < 1.29 is 14.4 Å². The van der Waals surface area contributed by atoms with Gasteiger partial charge in [0.2, 0.25) is 5.75 Å². The van der Waals surface area contributed by atoms with Crippen LogP contribution in [0, 0.1) is 10.1 Å². The quantitative estimate of drug-likeness (QED) is 0.162. The summed E-state index contributed by atoms with van der Waals surface area (Å²) in [5.41, 5.74) is 2.02. The first kappa shape index (κ1) is 27.2. The number of benzene rings is 8. The van der Waals surface area contributed by atoms with Gasteiger partial charge in [-0.25, -0.2) is 0 Å². The number of nitrogens with one attached hydrogen (secondary N) is 1. The fourth-order valence-electron chi connectivity index (χ4n) is 5.99. The first-order valence-electron chi connectivity index (χ1n) is 14.9. The minimum Gasteiger partial charge on any atom is -0.452 e. The predicted molar refractivity (Wildman–Crippen MR) is 186 cm³/mol. The lowest BCUT2D eigenvalue weighted by Gasteiger charge is -2.24. The third kappa shape index (κ3) is 4.88. The summed E-state index contributed by atoms with van der Waals surface area (Å²) in [6.45, 7) is 0. The van der Waals surface area contributed by atoms with Gasteiger partial charge < -0.3 is 14.8 Å². The van der Waals surface area contributed by atoms with E-state index in [1.165, 1.54) is 22.2 Å². The first-order valence-corrected chi connectivity index (χ1v) is 14.9. The van der Waals surface area contributed by atoms with Crippen molar-refractivity contribution in [1.82, 2.24) is 0 Å². The molecule has 0 atom stereocenters. The van der Waals surface area contributed by atoms with E-state index in [0.717, 1.165) is 49.8 Å². The van der Waals surface area contributed by atoms with Crippen LogP contribution in [0.3, 0.4) is 0 Å². The Hall–Kier alpha value is -6.40. The van der Waals surface area contributed by atoms with E-state index in [0.29, 0.717) is 5.75 Å². The molecule has 220 valence electrons. The highest BCUT2D eigenvalue weighted by atomic mass is 16.6. The molecular weight excluding hydrogens is 572 g/mol. The molecule has 1 heterocycles. The molecule has 0 bridgehead atoms. The second-order valence-electron chi connectivity index (χ2n) is 11.1. The van der Waals surface area contributed by atoms with Crippen LogP contribution in [0.5, 0.6) is 23.0 Å². The number of ether oxygens (including phenoxy) is 2. The Kier molecular flexibility index (Phi) is 6.65. The van der Waals surface area contributed by atoms with Crippen LogP contribution in [-0.4, -0.2) is 4.92 Å². The molecule has 0 aliphatic carbocycles. The molecule has 1 N–H and O–H groups in total. The zero-order chi connectivity index (χ0) is 31.0. The molecule has 8 aromatic rings. The third-order valence-electron chi connectivity index (χ3n) is 8.24. The molecule has 6 heteroatoms. The van der Waals surface area contributed by atoms with Crippen molar-refractivity contribution in [2.45, 2.75) is 0 Å². The molecule has 8 aromatic carbocycles. The molecule has 6 nitrogen and oxygen atoms in total. The van der Waals surface area contributed by atoms with Crippen molar-refractivity contribution in [1.29, 1.82) is 0 Å². The van der Waals surface area contributed by atoms with Crippen molar-refractivity contribution in [2.24, 2.45) is 0 Å². The number of hydrogen-bond donors (Lipinski definition) is 1. The van der Waals surface area contributed by atoms with Gasteiger partial charge in [0.1, 0.15) is 5.75 Å². The highest BCUT2D eigenvalue weighted by Gasteiger charge is 2.21. The Balaban J connectivity index is 0.000000136. The summed E-state index contributed by atoms with van der Waals surface area (Å²) in [6, 6.07) is 49.3. The topological polar surface area (TPSA) is 73.6 Å². The van der Waals surface area contributed by atoms with Gasteiger partial charge >= 0.3 is 5.69 Å². The first-order chi connectivity index (χ1) is 22.6. The van der Waals surface area contributed by atoms with E-state index in [9.17, 15) is 10.1 Å². The summed E-state index contributed by atoms with van der Waals surface area (Å²) < 4.78 is 12.2. The molecule has 0 unspecified atom stereocenters. The Morgan fingerprint density at radius 1 is 0.565 bits per heavy atom. The number of nitrogens with zero attached hydrogens (tertiary/aromatic N) is 1. The van der Waals surface area contributed by atoms with E-state index in [2.05, 4.69) is 59.9 Å². The zero-order valence-electron chi connectivity index (χ0n) is 24.5. The SMILES string of the molecule is O=[N+]([O-])c1ccc2ccccc2c1Oc1ccc2ccccc2c1.c1ccc2c3c(ccc2c1)Oc1c(ccc2ccccc12)N3. The lowest BCUT2D eigenvalue weighted by Crippen LogP contribution is -2.03. The smallest absolute Gasteiger partial charge is 0.312 e. The molecule has 0 radical (unpaired) electrons. The standard InChI is InChI=1S/C20H13NO3.C20H13NO/c22-21(23)19-12-10-15-6-3-4-8-18(15)20(19)24-17-11-9-14-5-1-2-7-16(14)13-17;1-3-7-15-13(5-1)10-12-18-19(15)21-17-11-9-14-6-2-4-8-16(14)20(17)22-18/h1-13H;1-12,21H. The van der Waals surface area contributed by atoms with E-state index in [1.54, 1.807) is 6.07 Å². The molecular formula is C40H26N2O4. The van der Waals surface area contributed by atoms with Gasteiger partial charge in [-0.15, -0.1) is 0 Å². The molecule has 0 spiro atoms. The highest BCUT2D eigenvalue weighted by molar-refractivity contribution is 6.03. The van der Waals surface area contributed by atoms with E-state index in [4.69, 9.17) is 9.47 Å². The number of hydrogen-bond acceptors (Lipinski definition) is 5.